The molecule has 24 heavy (non-hydrogen) atoms. The summed E-state index contributed by atoms with van der Waals surface area (Å²) < 4.78 is 5.40. The molecule has 128 valence electrons. The van der Waals surface area contributed by atoms with Gasteiger partial charge in [-0.15, -0.1) is 0 Å². The van der Waals surface area contributed by atoms with Gasteiger partial charge in [-0.25, -0.2) is 9.78 Å². The standard InChI is InChI=1S/C17H22N4O3/c1-17(2,3)24-16(23)21-7-6-12(10-21)19-13-8-11-4-5-14(22)20-15(11)18-9-13/h4-5,8-9,12,19H,6-7,10H2,1-3H3,(H,18,20,22)/t12-/m1/s1. The molecule has 0 unspecified atom stereocenters. The molecule has 2 aromatic heterocycles. The number of carbonyl (C=O) groups excluding carboxylic acids is 1. The smallest absolute Gasteiger partial charge is 0.410 e. The van der Waals surface area contributed by atoms with Crippen LogP contribution in [0, 0.1) is 0 Å². The van der Waals surface area contributed by atoms with Crippen molar-refractivity contribution in [2.45, 2.75) is 38.8 Å². The number of H-pyrrole nitrogens is 1. The Labute approximate surface area is 140 Å². The monoisotopic (exact) mass is 330 g/mol. The zero-order valence-corrected chi connectivity index (χ0v) is 14.1. The Hall–Kier alpha value is -2.57. The fourth-order valence-corrected chi connectivity index (χ4v) is 2.72. The molecule has 7 heteroatoms. The van der Waals surface area contributed by atoms with E-state index in [-0.39, 0.29) is 17.7 Å². The van der Waals surface area contributed by atoms with Gasteiger partial charge in [0.05, 0.1) is 11.9 Å². The first kappa shape index (κ1) is 16.3. The first-order valence-corrected chi connectivity index (χ1v) is 8.04. The lowest BCUT2D eigenvalue weighted by atomic mass is 10.2. The van der Waals surface area contributed by atoms with Gasteiger partial charge < -0.3 is 19.9 Å². The number of hydrogen-bond donors (Lipinski definition) is 2. The molecule has 2 aromatic rings. The Kier molecular flexibility index (Phi) is 4.17. The molecule has 0 radical (unpaired) electrons. The molecular weight excluding hydrogens is 308 g/mol. The zero-order chi connectivity index (χ0) is 17.3. The van der Waals surface area contributed by atoms with E-state index >= 15 is 0 Å². The molecular formula is C17H22N4O3. The molecule has 1 saturated heterocycles. The summed E-state index contributed by atoms with van der Waals surface area (Å²) >= 11 is 0. The average molecular weight is 330 g/mol. The van der Waals surface area contributed by atoms with Gasteiger partial charge in [-0.1, -0.05) is 0 Å². The van der Waals surface area contributed by atoms with E-state index in [4.69, 9.17) is 4.74 Å². The van der Waals surface area contributed by atoms with Crippen molar-refractivity contribution in [3.63, 3.8) is 0 Å². The highest BCUT2D eigenvalue weighted by Crippen LogP contribution is 2.20. The van der Waals surface area contributed by atoms with Crippen LogP contribution in [0.3, 0.4) is 0 Å². The minimum Gasteiger partial charge on any atom is -0.444 e. The topological polar surface area (TPSA) is 87.3 Å². The number of pyridine rings is 2. The van der Waals surface area contributed by atoms with Gasteiger partial charge in [-0.3, -0.25) is 4.79 Å². The number of likely N-dealkylation sites (tertiary alicyclic amines) is 1. The third-order valence-electron chi connectivity index (χ3n) is 3.78. The van der Waals surface area contributed by atoms with Gasteiger partial charge in [-0.05, 0) is 39.3 Å². The van der Waals surface area contributed by atoms with E-state index in [0.717, 1.165) is 17.5 Å². The second-order valence-electron chi connectivity index (χ2n) is 7.04. The lowest BCUT2D eigenvalue weighted by molar-refractivity contribution is 0.0293. The molecule has 1 fully saturated rings. The van der Waals surface area contributed by atoms with Gasteiger partial charge in [0.2, 0.25) is 5.56 Å². The first-order chi connectivity index (χ1) is 11.3. The summed E-state index contributed by atoms with van der Waals surface area (Å²) in [6.07, 6.45) is 2.26. The highest BCUT2D eigenvalue weighted by molar-refractivity contribution is 5.78. The number of fused-ring (bicyclic) bond motifs is 1. The Bertz CT molecular complexity index is 809. The molecule has 7 nitrogen and oxygen atoms in total. The lowest BCUT2D eigenvalue weighted by Crippen LogP contribution is -2.36. The van der Waals surface area contributed by atoms with Crippen LogP contribution in [0.15, 0.2) is 29.2 Å². The molecule has 0 aliphatic carbocycles. The SMILES string of the molecule is CC(C)(C)OC(=O)N1CC[C@@H](Nc2cnc3[nH]c(=O)ccc3c2)C1. The highest BCUT2D eigenvalue weighted by atomic mass is 16.6. The predicted molar refractivity (Wildman–Crippen MR) is 92.2 cm³/mol. The second kappa shape index (κ2) is 6.14. The second-order valence-corrected chi connectivity index (χ2v) is 7.04. The van der Waals surface area contributed by atoms with Gasteiger partial charge >= 0.3 is 6.09 Å². The van der Waals surface area contributed by atoms with E-state index in [1.807, 2.05) is 26.8 Å². The number of anilines is 1. The Morgan fingerprint density at radius 1 is 1.42 bits per heavy atom. The number of amides is 1. The molecule has 3 heterocycles. The van der Waals surface area contributed by atoms with E-state index in [2.05, 4.69) is 15.3 Å². The molecule has 0 spiro atoms. The van der Waals surface area contributed by atoms with Crippen LogP contribution in [0.5, 0.6) is 0 Å². The number of aromatic nitrogens is 2. The molecule has 0 aromatic carbocycles. The van der Waals surface area contributed by atoms with E-state index < -0.39 is 5.60 Å². The zero-order valence-electron chi connectivity index (χ0n) is 14.1. The molecule has 1 amide bonds. The van der Waals surface area contributed by atoms with Crippen molar-refractivity contribution in [3.8, 4) is 0 Å². The fraction of sp³-hybridized carbons (Fsp3) is 0.471. The summed E-state index contributed by atoms with van der Waals surface area (Å²) in [4.78, 5) is 32.1. The number of carbonyl (C=O) groups is 1. The van der Waals surface area contributed by atoms with E-state index in [1.165, 1.54) is 6.07 Å². The van der Waals surface area contributed by atoms with Crippen LogP contribution in [-0.4, -0.2) is 45.7 Å². The van der Waals surface area contributed by atoms with Crippen molar-refractivity contribution in [1.29, 1.82) is 0 Å². The van der Waals surface area contributed by atoms with Crippen LogP contribution in [-0.2, 0) is 4.74 Å². The number of ether oxygens (including phenoxy) is 1. The molecule has 1 aliphatic heterocycles. The number of rotatable bonds is 2. The largest absolute Gasteiger partial charge is 0.444 e. The number of nitrogens with one attached hydrogen (secondary N) is 2. The number of aromatic amines is 1. The van der Waals surface area contributed by atoms with Crippen LogP contribution >= 0.6 is 0 Å². The van der Waals surface area contributed by atoms with Crippen molar-refractivity contribution < 1.29 is 9.53 Å². The summed E-state index contributed by atoms with van der Waals surface area (Å²) in [5.74, 6) is 0. The van der Waals surface area contributed by atoms with Crippen molar-refractivity contribution in [3.05, 3.63) is 34.7 Å². The van der Waals surface area contributed by atoms with Gasteiger partial charge in [0.1, 0.15) is 11.2 Å². The van der Waals surface area contributed by atoms with Crippen LogP contribution in [0.2, 0.25) is 0 Å². The minimum atomic E-state index is -0.484. The molecule has 1 aliphatic rings. The van der Waals surface area contributed by atoms with Crippen molar-refractivity contribution >= 4 is 22.8 Å². The van der Waals surface area contributed by atoms with E-state index in [1.54, 1.807) is 17.2 Å². The van der Waals surface area contributed by atoms with Gasteiger partial charge in [0.25, 0.3) is 0 Å². The number of hydrogen-bond acceptors (Lipinski definition) is 5. The van der Waals surface area contributed by atoms with E-state index in [9.17, 15) is 9.59 Å². The summed E-state index contributed by atoms with van der Waals surface area (Å²) in [6.45, 7) is 6.85. The minimum absolute atomic E-state index is 0.152. The summed E-state index contributed by atoms with van der Waals surface area (Å²) in [5.41, 5.74) is 0.779. The van der Waals surface area contributed by atoms with Crippen molar-refractivity contribution in [1.82, 2.24) is 14.9 Å². The van der Waals surface area contributed by atoms with Crippen molar-refractivity contribution in [2.24, 2.45) is 0 Å². The third-order valence-corrected chi connectivity index (χ3v) is 3.78. The molecule has 1 atom stereocenters. The number of nitrogens with zero attached hydrogens (tertiary/aromatic N) is 2. The molecule has 0 saturated carbocycles. The predicted octanol–water partition coefficient (Wildman–Crippen LogP) is 2.34. The Morgan fingerprint density at radius 2 is 2.21 bits per heavy atom. The van der Waals surface area contributed by atoms with Crippen LogP contribution in [0.1, 0.15) is 27.2 Å². The normalized spacial score (nSPS) is 18.0. The third kappa shape index (κ3) is 3.84. The lowest BCUT2D eigenvalue weighted by Gasteiger charge is -2.24. The summed E-state index contributed by atoms with van der Waals surface area (Å²) in [6, 6.07) is 5.32. The average Bonchev–Trinajstić information content (AvgIpc) is 2.94. The van der Waals surface area contributed by atoms with Crippen LogP contribution in [0.25, 0.3) is 11.0 Å². The van der Waals surface area contributed by atoms with Gasteiger partial charge in [0.15, 0.2) is 0 Å². The van der Waals surface area contributed by atoms with Crippen LogP contribution in [0.4, 0.5) is 10.5 Å². The Balaban J connectivity index is 1.64. The highest BCUT2D eigenvalue weighted by Gasteiger charge is 2.29. The van der Waals surface area contributed by atoms with Gasteiger partial charge in [-0.2, -0.15) is 0 Å². The maximum atomic E-state index is 12.1. The molecule has 2 N–H and O–H groups in total. The summed E-state index contributed by atoms with van der Waals surface area (Å²) in [7, 11) is 0. The quantitative estimate of drug-likeness (QED) is 0.882. The molecule has 0 bridgehead atoms. The van der Waals surface area contributed by atoms with Gasteiger partial charge in [0, 0.05) is 30.6 Å². The van der Waals surface area contributed by atoms with Crippen molar-refractivity contribution in [2.75, 3.05) is 18.4 Å². The van der Waals surface area contributed by atoms with E-state index in [0.29, 0.717) is 18.7 Å². The first-order valence-electron chi connectivity index (χ1n) is 8.04. The summed E-state index contributed by atoms with van der Waals surface area (Å²) in [5, 5.41) is 4.25. The maximum Gasteiger partial charge on any atom is 0.410 e. The molecule has 3 rings (SSSR count). The fourth-order valence-electron chi connectivity index (χ4n) is 2.72. The maximum absolute atomic E-state index is 12.1. The van der Waals surface area contributed by atoms with Crippen LogP contribution < -0.4 is 10.9 Å². The Morgan fingerprint density at radius 3 is 2.96 bits per heavy atom.